The lowest BCUT2D eigenvalue weighted by Crippen LogP contribution is -2.35. The summed E-state index contributed by atoms with van der Waals surface area (Å²) in [5.41, 5.74) is 2.57. The fraction of sp³-hybridized carbons (Fsp3) is 0.480. The van der Waals surface area contributed by atoms with Gasteiger partial charge in [-0.2, -0.15) is 5.10 Å². The summed E-state index contributed by atoms with van der Waals surface area (Å²) in [5.74, 6) is 0.460. The molecule has 2 N–H and O–H groups in total. The van der Waals surface area contributed by atoms with Gasteiger partial charge in [0.25, 0.3) is 0 Å². The zero-order valence-corrected chi connectivity index (χ0v) is 19.8. The lowest BCUT2D eigenvalue weighted by molar-refractivity contribution is -0.132. The molecule has 0 saturated heterocycles. The maximum atomic E-state index is 13.4. The molecule has 0 atom stereocenters. The molecule has 1 aromatic carbocycles. The van der Waals surface area contributed by atoms with Crippen LogP contribution in [0, 0.1) is 0 Å². The molecular weight excluding hydrogens is 420 g/mol. The number of nitrogens with one attached hydrogen (secondary N) is 1. The van der Waals surface area contributed by atoms with E-state index in [1.54, 1.807) is 17.9 Å². The van der Waals surface area contributed by atoms with E-state index < -0.39 is 0 Å². The van der Waals surface area contributed by atoms with Crippen molar-refractivity contribution in [3.05, 3.63) is 47.3 Å². The van der Waals surface area contributed by atoms with E-state index in [1.165, 1.54) is 0 Å². The molecule has 1 aromatic heterocycles. The largest absolute Gasteiger partial charge is 0.497 e. The SMILES string of the molecule is CCCN(CCC)C(=O)Cn1nc(C(=O)C2=CCC=C(CCO)NC2)c2ccc(OC)cc21. The van der Waals surface area contributed by atoms with Crippen LogP contribution in [0.5, 0.6) is 5.75 Å². The molecule has 0 radical (unpaired) electrons. The molecule has 2 heterocycles. The first-order valence-electron chi connectivity index (χ1n) is 11.6. The van der Waals surface area contributed by atoms with E-state index in [0.717, 1.165) is 18.5 Å². The van der Waals surface area contributed by atoms with Gasteiger partial charge in [-0.15, -0.1) is 0 Å². The monoisotopic (exact) mass is 454 g/mol. The molecule has 0 fully saturated rings. The highest BCUT2D eigenvalue weighted by atomic mass is 16.5. The van der Waals surface area contributed by atoms with Crippen molar-refractivity contribution in [2.24, 2.45) is 0 Å². The van der Waals surface area contributed by atoms with Gasteiger partial charge in [0.1, 0.15) is 18.0 Å². The molecule has 8 heteroatoms. The number of hydrogen-bond acceptors (Lipinski definition) is 6. The molecule has 2 aromatic rings. The zero-order valence-electron chi connectivity index (χ0n) is 19.8. The Bertz CT molecular complexity index is 1050. The summed E-state index contributed by atoms with van der Waals surface area (Å²) in [4.78, 5) is 28.3. The van der Waals surface area contributed by atoms with Gasteiger partial charge in [0.15, 0.2) is 0 Å². The molecule has 0 aliphatic carbocycles. The Morgan fingerprint density at radius 2 is 1.97 bits per heavy atom. The molecule has 3 rings (SSSR count). The number of carbonyl (C=O) groups excluding carboxylic acids is 2. The molecule has 1 amide bonds. The number of amides is 1. The predicted octanol–water partition coefficient (Wildman–Crippen LogP) is 3.06. The van der Waals surface area contributed by atoms with Crippen LogP contribution in [0.2, 0.25) is 0 Å². The molecule has 0 unspecified atom stereocenters. The van der Waals surface area contributed by atoms with Crippen molar-refractivity contribution in [3.8, 4) is 5.75 Å². The number of benzene rings is 1. The Labute approximate surface area is 194 Å². The third-order valence-electron chi connectivity index (χ3n) is 5.71. The molecule has 178 valence electrons. The van der Waals surface area contributed by atoms with Gasteiger partial charge >= 0.3 is 0 Å². The minimum absolute atomic E-state index is 0.0156. The van der Waals surface area contributed by atoms with Crippen molar-refractivity contribution >= 4 is 22.6 Å². The molecule has 33 heavy (non-hydrogen) atoms. The van der Waals surface area contributed by atoms with Gasteiger partial charge in [0, 0.05) is 55.4 Å². The minimum atomic E-state index is -0.165. The van der Waals surface area contributed by atoms with Crippen molar-refractivity contribution in [1.82, 2.24) is 20.0 Å². The molecule has 0 saturated carbocycles. The van der Waals surface area contributed by atoms with Crippen LogP contribution >= 0.6 is 0 Å². The van der Waals surface area contributed by atoms with Crippen molar-refractivity contribution in [2.75, 3.05) is 33.4 Å². The Morgan fingerprint density at radius 1 is 1.21 bits per heavy atom. The predicted molar refractivity (Wildman–Crippen MR) is 128 cm³/mol. The maximum Gasteiger partial charge on any atom is 0.244 e. The standard InChI is InChI=1S/C25H34N4O4/c1-4-12-28(13-5-2)23(31)17-29-22-15-20(33-3)9-10-21(22)24(27-29)25(32)18-7-6-8-19(11-14-30)26-16-18/h7-10,15,26,30H,4-6,11-14,16-17H2,1-3H3. The second-order valence-electron chi connectivity index (χ2n) is 8.12. The molecular formula is C25H34N4O4. The number of aliphatic hydroxyl groups excluding tert-OH is 1. The number of allylic oxidation sites excluding steroid dienone is 2. The summed E-state index contributed by atoms with van der Waals surface area (Å²) in [6, 6.07) is 5.44. The van der Waals surface area contributed by atoms with Crippen LogP contribution in [0.3, 0.4) is 0 Å². The number of ether oxygens (including phenoxy) is 1. The third kappa shape index (κ3) is 5.82. The fourth-order valence-electron chi connectivity index (χ4n) is 4.03. The average Bonchev–Trinajstić information content (AvgIpc) is 3.00. The number of fused-ring (bicyclic) bond motifs is 1. The Balaban J connectivity index is 1.92. The summed E-state index contributed by atoms with van der Waals surface area (Å²) in [6.45, 7) is 5.99. The zero-order chi connectivity index (χ0) is 23.8. The van der Waals surface area contributed by atoms with Crippen LogP contribution in [-0.2, 0) is 11.3 Å². The first-order chi connectivity index (χ1) is 16.0. The van der Waals surface area contributed by atoms with Gasteiger partial charge in [0.2, 0.25) is 11.7 Å². The van der Waals surface area contributed by atoms with Gasteiger partial charge in [-0.3, -0.25) is 14.3 Å². The highest BCUT2D eigenvalue weighted by Gasteiger charge is 2.23. The van der Waals surface area contributed by atoms with Crippen LogP contribution in [0.4, 0.5) is 0 Å². The third-order valence-corrected chi connectivity index (χ3v) is 5.71. The van der Waals surface area contributed by atoms with Crippen molar-refractivity contribution in [2.45, 2.75) is 46.1 Å². The van der Waals surface area contributed by atoms with E-state index in [1.807, 2.05) is 29.2 Å². The molecule has 1 aliphatic heterocycles. The summed E-state index contributed by atoms with van der Waals surface area (Å²) in [6.07, 6.45) is 6.78. The number of methoxy groups -OCH3 is 1. The minimum Gasteiger partial charge on any atom is -0.497 e. The second-order valence-corrected chi connectivity index (χ2v) is 8.12. The molecule has 0 spiro atoms. The quantitative estimate of drug-likeness (QED) is 0.507. The first-order valence-corrected chi connectivity index (χ1v) is 11.6. The lowest BCUT2D eigenvalue weighted by atomic mass is 10.0. The number of nitrogens with zero attached hydrogens (tertiary/aromatic N) is 3. The Kier molecular flexibility index (Phi) is 8.65. The Morgan fingerprint density at radius 3 is 2.64 bits per heavy atom. The second kappa shape index (κ2) is 11.7. The summed E-state index contributed by atoms with van der Waals surface area (Å²) < 4.78 is 6.99. The fourth-order valence-corrected chi connectivity index (χ4v) is 4.03. The van der Waals surface area contributed by atoms with Crippen LogP contribution in [0.1, 0.15) is 50.0 Å². The van der Waals surface area contributed by atoms with Gasteiger partial charge in [-0.05, 0) is 31.4 Å². The van der Waals surface area contributed by atoms with Gasteiger partial charge < -0.3 is 20.1 Å². The van der Waals surface area contributed by atoms with Crippen LogP contribution in [-0.4, -0.2) is 64.8 Å². The van der Waals surface area contributed by atoms with E-state index in [9.17, 15) is 14.7 Å². The van der Waals surface area contributed by atoms with Gasteiger partial charge in [-0.25, -0.2) is 0 Å². The summed E-state index contributed by atoms with van der Waals surface area (Å²) in [7, 11) is 1.59. The number of rotatable bonds is 11. The van der Waals surface area contributed by atoms with Gasteiger partial charge in [-0.1, -0.05) is 26.0 Å². The number of hydrogen-bond donors (Lipinski definition) is 2. The highest BCUT2D eigenvalue weighted by molar-refractivity contribution is 6.15. The van der Waals surface area contributed by atoms with Gasteiger partial charge in [0.05, 0.1) is 12.6 Å². The van der Waals surface area contributed by atoms with E-state index in [-0.39, 0.29) is 24.8 Å². The summed E-state index contributed by atoms with van der Waals surface area (Å²) in [5, 5.41) is 17.7. The van der Waals surface area contributed by atoms with E-state index in [4.69, 9.17) is 4.74 Å². The normalized spacial score (nSPS) is 13.7. The van der Waals surface area contributed by atoms with E-state index >= 15 is 0 Å². The van der Waals surface area contributed by atoms with Crippen molar-refractivity contribution in [1.29, 1.82) is 0 Å². The molecule has 0 bridgehead atoms. The Hall–Kier alpha value is -3.13. The van der Waals surface area contributed by atoms with Crippen LogP contribution in [0.15, 0.2) is 41.6 Å². The van der Waals surface area contributed by atoms with Crippen LogP contribution < -0.4 is 10.1 Å². The molecule has 8 nitrogen and oxygen atoms in total. The van der Waals surface area contributed by atoms with E-state index in [2.05, 4.69) is 24.3 Å². The number of carbonyl (C=O) groups is 2. The molecule has 1 aliphatic rings. The number of aliphatic hydroxyl groups is 1. The number of ketones is 1. The first kappa shape index (κ1) is 24.5. The number of aromatic nitrogens is 2. The lowest BCUT2D eigenvalue weighted by Gasteiger charge is -2.21. The average molecular weight is 455 g/mol. The maximum absolute atomic E-state index is 13.4. The van der Waals surface area contributed by atoms with Crippen LogP contribution in [0.25, 0.3) is 10.9 Å². The van der Waals surface area contributed by atoms with Crippen molar-refractivity contribution in [3.63, 3.8) is 0 Å². The highest BCUT2D eigenvalue weighted by Crippen LogP contribution is 2.26. The topological polar surface area (TPSA) is 96.7 Å². The number of Topliss-reactive ketones (excluding diaryl/α,β-unsaturated/α-hetero) is 1. The van der Waals surface area contributed by atoms with Crippen molar-refractivity contribution < 1.29 is 19.4 Å². The van der Waals surface area contributed by atoms with E-state index in [0.29, 0.717) is 60.4 Å². The summed E-state index contributed by atoms with van der Waals surface area (Å²) >= 11 is 0. The smallest absolute Gasteiger partial charge is 0.244 e.